The van der Waals surface area contributed by atoms with Crippen molar-refractivity contribution in [2.24, 2.45) is 0 Å². The van der Waals surface area contributed by atoms with Crippen molar-refractivity contribution < 1.29 is 9.53 Å². The number of nitrogens with zero attached hydrogens (tertiary/aromatic N) is 2. The summed E-state index contributed by atoms with van der Waals surface area (Å²) in [5.41, 5.74) is 2.87. The van der Waals surface area contributed by atoms with Crippen LogP contribution in [0.4, 0.5) is 5.13 Å². The fourth-order valence-electron chi connectivity index (χ4n) is 2.45. The number of aromatic amines is 1. The molecule has 6 nitrogen and oxygen atoms in total. The van der Waals surface area contributed by atoms with Gasteiger partial charge in [-0.2, -0.15) is 5.10 Å². The molecular weight excluding hydrogens is 416 g/mol. The van der Waals surface area contributed by atoms with Crippen molar-refractivity contribution in [1.29, 1.82) is 0 Å². The second-order valence-electron chi connectivity index (χ2n) is 5.88. The van der Waals surface area contributed by atoms with E-state index in [4.69, 9.17) is 4.74 Å². The lowest BCUT2D eigenvalue weighted by molar-refractivity contribution is 0.102. The summed E-state index contributed by atoms with van der Waals surface area (Å²) in [6.07, 6.45) is 0. The van der Waals surface area contributed by atoms with E-state index in [2.05, 4.69) is 36.4 Å². The number of aromatic nitrogens is 3. The van der Waals surface area contributed by atoms with E-state index < -0.39 is 0 Å². The molecule has 3 rings (SSSR count). The van der Waals surface area contributed by atoms with Gasteiger partial charge in [0.05, 0.1) is 22.5 Å². The summed E-state index contributed by atoms with van der Waals surface area (Å²) in [6.45, 7) is 6.58. The summed E-state index contributed by atoms with van der Waals surface area (Å²) < 4.78 is 6.33. The number of hydrogen-bond donors (Lipinski definition) is 2. The van der Waals surface area contributed by atoms with Gasteiger partial charge in [-0.05, 0) is 40.9 Å². The first kappa shape index (κ1) is 18.6. The molecule has 0 fully saturated rings. The van der Waals surface area contributed by atoms with Crippen molar-refractivity contribution in [3.63, 3.8) is 0 Å². The molecule has 0 atom stereocenters. The van der Waals surface area contributed by atoms with Crippen molar-refractivity contribution >= 4 is 38.3 Å². The van der Waals surface area contributed by atoms with Gasteiger partial charge in [-0.25, -0.2) is 4.98 Å². The number of carbonyl (C=O) groups is 1. The zero-order valence-electron chi connectivity index (χ0n) is 14.7. The minimum absolute atomic E-state index is 0.236. The average Bonchev–Trinajstić information content (AvgIpc) is 3.22. The Hall–Kier alpha value is -2.19. The van der Waals surface area contributed by atoms with Crippen LogP contribution in [0.25, 0.3) is 11.3 Å². The Balaban J connectivity index is 1.80. The molecule has 3 aromatic rings. The quantitative estimate of drug-likeness (QED) is 0.567. The Kier molecular flexibility index (Phi) is 5.73. The standard InChI is InChI=1S/C18H19BrN4O2S/c1-4-25-13-8-6-5-7-11(13)12-9-26-18(20-12)21-17(24)16-14(19)15(10(2)3)22-23-16/h5-10H,4H2,1-3H3,(H,22,23)(H,20,21,24). The minimum atomic E-state index is -0.306. The van der Waals surface area contributed by atoms with Gasteiger partial charge in [0, 0.05) is 10.9 Å². The Morgan fingerprint density at radius 1 is 1.38 bits per heavy atom. The predicted octanol–water partition coefficient (Wildman–Crippen LogP) is 5.07. The van der Waals surface area contributed by atoms with Crippen molar-refractivity contribution in [2.45, 2.75) is 26.7 Å². The van der Waals surface area contributed by atoms with Gasteiger partial charge < -0.3 is 4.74 Å². The van der Waals surface area contributed by atoms with Gasteiger partial charge >= 0.3 is 0 Å². The van der Waals surface area contributed by atoms with Crippen LogP contribution in [-0.4, -0.2) is 27.7 Å². The highest BCUT2D eigenvalue weighted by molar-refractivity contribution is 9.10. The molecule has 0 saturated heterocycles. The summed E-state index contributed by atoms with van der Waals surface area (Å²) in [6, 6.07) is 7.71. The molecule has 0 radical (unpaired) electrons. The van der Waals surface area contributed by atoms with E-state index in [0.717, 1.165) is 22.7 Å². The summed E-state index contributed by atoms with van der Waals surface area (Å²) >= 11 is 4.81. The molecule has 2 heterocycles. The molecule has 1 amide bonds. The molecule has 0 spiro atoms. The molecule has 1 aromatic carbocycles. The highest BCUT2D eigenvalue weighted by Crippen LogP contribution is 2.32. The maximum Gasteiger partial charge on any atom is 0.279 e. The zero-order chi connectivity index (χ0) is 18.7. The molecule has 26 heavy (non-hydrogen) atoms. The van der Waals surface area contributed by atoms with Gasteiger partial charge in [-0.15, -0.1) is 11.3 Å². The summed E-state index contributed by atoms with van der Waals surface area (Å²) in [4.78, 5) is 17.0. The molecule has 0 aliphatic carbocycles. The van der Waals surface area contributed by atoms with Crippen LogP contribution in [0.5, 0.6) is 5.75 Å². The summed E-state index contributed by atoms with van der Waals surface area (Å²) in [5, 5.41) is 12.2. The predicted molar refractivity (Wildman–Crippen MR) is 107 cm³/mol. The maximum atomic E-state index is 12.5. The van der Waals surface area contributed by atoms with E-state index in [0.29, 0.717) is 21.9 Å². The molecule has 8 heteroatoms. The van der Waals surface area contributed by atoms with Crippen molar-refractivity contribution in [3.05, 3.63) is 45.5 Å². The monoisotopic (exact) mass is 434 g/mol. The molecule has 2 aromatic heterocycles. The number of rotatable bonds is 6. The number of thiazole rings is 1. The Morgan fingerprint density at radius 3 is 2.85 bits per heavy atom. The van der Waals surface area contributed by atoms with Gasteiger partial charge in [0.25, 0.3) is 5.91 Å². The first-order valence-corrected chi connectivity index (χ1v) is 9.91. The number of ether oxygens (including phenoxy) is 1. The highest BCUT2D eigenvalue weighted by Gasteiger charge is 2.20. The molecule has 136 valence electrons. The minimum Gasteiger partial charge on any atom is -0.493 e. The third kappa shape index (κ3) is 3.81. The number of H-pyrrole nitrogens is 1. The Bertz CT molecular complexity index is 920. The average molecular weight is 435 g/mol. The van der Waals surface area contributed by atoms with Gasteiger partial charge in [-0.3, -0.25) is 15.2 Å². The van der Waals surface area contributed by atoms with Gasteiger partial charge in [0.1, 0.15) is 5.75 Å². The number of amides is 1. The number of anilines is 1. The van der Waals surface area contributed by atoms with E-state index in [1.165, 1.54) is 11.3 Å². The van der Waals surface area contributed by atoms with Crippen LogP contribution < -0.4 is 10.1 Å². The van der Waals surface area contributed by atoms with E-state index >= 15 is 0 Å². The lowest BCUT2D eigenvalue weighted by Gasteiger charge is -2.07. The normalized spacial score (nSPS) is 11.0. The smallest absolute Gasteiger partial charge is 0.279 e. The number of carbonyl (C=O) groups excluding carboxylic acids is 1. The molecule has 0 aliphatic heterocycles. The SMILES string of the molecule is CCOc1ccccc1-c1csc(NC(=O)c2n[nH]c(C(C)C)c2Br)n1. The van der Waals surface area contributed by atoms with Crippen LogP contribution in [0.15, 0.2) is 34.1 Å². The van der Waals surface area contributed by atoms with Crippen LogP contribution in [0.2, 0.25) is 0 Å². The van der Waals surface area contributed by atoms with Gasteiger partial charge in [-0.1, -0.05) is 26.0 Å². The fourth-order valence-corrected chi connectivity index (χ4v) is 3.97. The van der Waals surface area contributed by atoms with Gasteiger partial charge in [0.2, 0.25) is 0 Å². The molecule has 0 bridgehead atoms. The second-order valence-corrected chi connectivity index (χ2v) is 7.53. The molecule has 2 N–H and O–H groups in total. The van der Waals surface area contributed by atoms with Crippen LogP contribution in [-0.2, 0) is 0 Å². The third-order valence-electron chi connectivity index (χ3n) is 3.71. The zero-order valence-corrected chi connectivity index (χ0v) is 17.1. The number of para-hydroxylation sites is 1. The van der Waals surface area contributed by atoms with E-state index in [9.17, 15) is 4.79 Å². The van der Waals surface area contributed by atoms with E-state index in [1.54, 1.807) is 0 Å². The molecule has 0 unspecified atom stereocenters. The van der Waals surface area contributed by atoms with Crippen LogP contribution in [0.3, 0.4) is 0 Å². The largest absolute Gasteiger partial charge is 0.493 e. The third-order valence-corrected chi connectivity index (χ3v) is 5.27. The first-order chi connectivity index (χ1) is 12.5. The number of nitrogens with one attached hydrogen (secondary N) is 2. The summed E-state index contributed by atoms with van der Waals surface area (Å²) in [7, 11) is 0. The van der Waals surface area contributed by atoms with Crippen LogP contribution in [0.1, 0.15) is 42.9 Å². The molecule has 0 saturated carbocycles. The summed E-state index contributed by atoms with van der Waals surface area (Å²) in [5.74, 6) is 0.703. The van der Waals surface area contributed by atoms with E-state index in [-0.39, 0.29) is 11.8 Å². The van der Waals surface area contributed by atoms with Gasteiger partial charge in [0.15, 0.2) is 10.8 Å². The Morgan fingerprint density at radius 2 is 2.15 bits per heavy atom. The highest BCUT2D eigenvalue weighted by atomic mass is 79.9. The maximum absolute atomic E-state index is 12.5. The van der Waals surface area contributed by atoms with Crippen molar-refractivity contribution in [2.75, 3.05) is 11.9 Å². The molecule has 0 aliphatic rings. The number of halogens is 1. The first-order valence-electron chi connectivity index (χ1n) is 8.24. The van der Waals surface area contributed by atoms with E-state index in [1.807, 2.05) is 50.4 Å². The Labute approximate surface area is 164 Å². The van der Waals surface area contributed by atoms with Crippen molar-refractivity contribution in [3.8, 4) is 17.0 Å². The topological polar surface area (TPSA) is 79.9 Å². The van der Waals surface area contributed by atoms with Crippen LogP contribution >= 0.6 is 27.3 Å². The lowest BCUT2D eigenvalue weighted by atomic mass is 10.1. The number of benzene rings is 1. The fraction of sp³-hybridized carbons (Fsp3) is 0.278. The lowest BCUT2D eigenvalue weighted by Crippen LogP contribution is -2.13. The number of hydrogen-bond acceptors (Lipinski definition) is 5. The second kappa shape index (κ2) is 8.01. The van der Waals surface area contributed by atoms with Crippen molar-refractivity contribution in [1.82, 2.24) is 15.2 Å². The molecular formula is C18H19BrN4O2S. The van der Waals surface area contributed by atoms with Crippen LogP contribution in [0, 0.1) is 0 Å².